The highest BCUT2D eigenvalue weighted by atomic mass is 32.2. The van der Waals surface area contributed by atoms with Crippen LogP contribution in [-0.4, -0.2) is 47.2 Å². The minimum Gasteiger partial charge on any atom is -0.324 e. The highest BCUT2D eigenvalue weighted by Crippen LogP contribution is 2.30. The highest BCUT2D eigenvalue weighted by Gasteiger charge is 2.31. The second-order valence-corrected chi connectivity index (χ2v) is 9.11. The van der Waals surface area contributed by atoms with Gasteiger partial charge in [0.2, 0.25) is 17.7 Å². The van der Waals surface area contributed by atoms with Crippen LogP contribution in [-0.2, 0) is 19.2 Å². The summed E-state index contributed by atoms with van der Waals surface area (Å²) in [5.74, 6) is -0.368. The molecule has 2 aliphatic heterocycles. The summed E-state index contributed by atoms with van der Waals surface area (Å²) in [6, 6.07) is 7.10. The molecule has 2 heterocycles. The number of hydrogen-bond acceptors (Lipinski definition) is 5. The van der Waals surface area contributed by atoms with Gasteiger partial charge in [-0.25, -0.2) is 0 Å². The molecule has 1 aromatic rings. The quantitative estimate of drug-likeness (QED) is 0.748. The van der Waals surface area contributed by atoms with E-state index in [4.69, 9.17) is 0 Å². The number of hydrogen-bond donors (Lipinski definition) is 1. The van der Waals surface area contributed by atoms with Crippen LogP contribution in [0.4, 0.5) is 11.4 Å². The van der Waals surface area contributed by atoms with E-state index in [9.17, 15) is 19.2 Å². The molecule has 1 aromatic carbocycles. The summed E-state index contributed by atoms with van der Waals surface area (Å²) in [4.78, 5) is 52.0. The molecule has 2 aliphatic rings. The number of carbonyl (C=O) groups is 4. The fourth-order valence-corrected chi connectivity index (χ4v) is 3.99. The van der Waals surface area contributed by atoms with Crippen LogP contribution in [0.25, 0.3) is 0 Å². The third-order valence-electron chi connectivity index (χ3n) is 4.72. The van der Waals surface area contributed by atoms with E-state index >= 15 is 0 Å². The Morgan fingerprint density at radius 3 is 2.62 bits per heavy atom. The fourth-order valence-electron chi connectivity index (χ4n) is 3.05. The molecule has 0 spiro atoms. The van der Waals surface area contributed by atoms with E-state index < -0.39 is 5.41 Å². The highest BCUT2D eigenvalue weighted by molar-refractivity contribution is 8.04. The summed E-state index contributed by atoms with van der Waals surface area (Å²) in [5.41, 5.74) is 0.748. The van der Waals surface area contributed by atoms with E-state index in [1.54, 1.807) is 23.1 Å². The van der Waals surface area contributed by atoms with Crippen molar-refractivity contribution in [3.05, 3.63) is 35.4 Å². The van der Waals surface area contributed by atoms with Crippen molar-refractivity contribution in [2.45, 2.75) is 33.6 Å². The van der Waals surface area contributed by atoms with Crippen LogP contribution in [0.5, 0.6) is 0 Å². The van der Waals surface area contributed by atoms with E-state index in [0.29, 0.717) is 23.7 Å². The first-order valence-electron chi connectivity index (χ1n) is 9.55. The lowest BCUT2D eigenvalue weighted by Crippen LogP contribution is -2.34. The van der Waals surface area contributed by atoms with Crippen LogP contribution in [0.3, 0.4) is 0 Å². The molecule has 0 unspecified atom stereocenters. The van der Waals surface area contributed by atoms with Gasteiger partial charge >= 0.3 is 0 Å². The molecular weight excluding hydrogens is 390 g/mol. The predicted molar refractivity (Wildman–Crippen MR) is 113 cm³/mol. The van der Waals surface area contributed by atoms with Gasteiger partial charge in [-0.15, -0.1) is 0 Å². The van der Waals surface area contributed by atoms with Crippen molar-refractivity contribution in [2.24, 2.45) is 5.41 Å². The Bertz CT molecular complexity index is 888. The van der Waals surface area contributed by atoms with Crippen molar-refractivity contribution in [3.63, 3.8) is 0 Å². The third kappa shape index (κ3) is 5.06. The van der Waals surface area contributed by atoms with Gasteiger partial charge in [0.15, 0.2) is 5.78 Å². The van der Waals surface area contributed by atoms with Gasteiger partial charge in [-0.3, -0.25) is 24.1 Å². The number of carbonyl (C=O) groups excluding carboxylic acids is 4. The van der Waals surface area contributed by atoms with Gasteiger partial charge in [-0.2, -0.15) is 0 Å². The largest absolute Gasteiger partial charge is 0.324 e. The number of allylic oxidation sites excluding steroid dienone is 1. The molecule has 0 radical (unpaired) electrons. The van der Waals surface area contributed by atoms with Crippen LogP contribution >= 0.6 is 11.8 Å². The number of ketones is 1. The Morgan fingerprint density at radius 2 is 1.97 bits per heavy atom. The van der Waals surface area contributed by atoms with Crippen LogP contribution in [0.1, 0.15) is 33.6 Å². The van der Waals surface area contributed by atoms with E-state index in [-0.39, 0.29) is 35.8 Å². The monoisotopic (exact) mass is 415 g/mol. The zero-order chi connectivity index (χ0) is 21.2. The van der Waals surface area contributed by atoms with Gasteiger partial charge in [0.05, 0.1) is 10.8 Å². The minimum atomic E-state index is -0.555. The smallest absolute Gasteiger partial charge is 0.244 e. The van der Waals surface area contributed by atoms with E-state index in [1.807, 2.05) is 26.8 Å². The Hall–Kier alpha value is -2.61. The first-order valence-corrected chi connectivity index (χ1v) is 10.5. The predicted octanol–water partition coefficient (Wildman–Crippen LogP) is 2.78. The summed E-state index contributed by atoms with van der Waals surface area (Å²) in [5, 5.41) is 3.28. The maximum atomic E-state index is 12.5. The van der Waals surface area contributed by atoms with Gasteiger partial charge in [0.25, 0.3) is 0 Å². The summed E-state index contributed by atoms with van der Waals surface area (Å²) in [6.45, 7) is 5.93. The zero-order valence-electron chi connectivity index (χ0n) is 16.9. The van der Waals surface area contributed by atoms with E-state index in [0.717, 1.165) is 12.1 Å². The first-order chi connectivity index (χ1) is 13.6. The van der Waals surface area contributed by atoms with Crippen molar-refractivity contribution in [1.29, 1.82) is 0 Å². The zero-order valence-corrected chi connectivity index (χ0v) is 17.7. The van der Waals surface area contributed by atoms with Crippen molar-refractivity contribution in [1.82, 2.24) is 4.90 Å². The Balaban J connectivity index is 1.68. The maximum Gasteiger partial charge on any atom is 0.244 e. The molecule has 0 aromatic heterocycles. The standard InChI is InChI=1S/C21H25N3O4S/c1-21(2,3)16(25)11-20-24(19(28)13-29-20)12-17(26)22-14-6-4-7-15(10-14)23-9-5-8-18(23)27/h4,6-7,10-11H,5,8-9,12-13H2,1-3H3,(H,22,26)/b20-11-. The van der Waals surface area contributed by atoms with Crippen molar-refractivity contribution in [3.8, 4) is 0 Å². The molecule has 2 saturated heterocycles. The molecule has 7 nitrogen and oxygen atoms in total. The molecule has 2 fully saturated rings. The number of nitrogens with one attached hydrogen (secondary N) is 1. The number of nitrogens with zero attached hydrogens (tertiary/aromatic N) is 2. The SMILES string of the molecule is CC(C)(C)C(=O)/C=C1\SCC(=O)N1CC(=O)Nc1cccc(N2CCCC2=O)c1. The molecule has 3 amide bonds. The minimum absolute atomic E-state index is 0.0754. The maximum absolute atomic E-state index is 12.5. The van der Waals surface area contributed by atoms with E-state index in [2.05, 4.69) is 5.32 Å². The molecule has 29 heavy (non-hydrogen) atoms. The Kier molecular flexibility index (Phi) is 6.12. The van der Waals surface area contributed by atoms with Gasteiger partial charge in [0.1, 0.15) is 6.54 Å². The Labute approximate surface area is 174 Å². The number of thioether (sulfide) groups is 1. The Morgan fingerprint density at radius 1 is 1.21 bits per heavy atom. The van der Waals surface area contributed by atoms with E-state index in [1.165, 1.54) is 22.7 Å². The lowest BCUT2D eigenvalue weighted by molar-refractivity contribution is -0.129. The van der Waals surface area contributed by atoms with Crippen LogP contribution in [0, 0.1) is 5.41 Å². The number of anilines is 2. The van der Waals surface area contributed by atoms with Crippen molar-refractivity contribution in [2.75, 3.05) is 29.1 Å². The summed E-state index contributed by atoms with van der Waals surface area (Å²) >= 11 is 1.26. The molecule has 8 heteroatoms. The molecular formula is C21H25N3O4S. The second kappa shape index (κ2) is 8.41. The number of benzene rings is 1. The summed E-state index contributed by atoms with van der Waals surface area (Å²) in [7, 11) is 0. The molecule has 3 rings (SSSR count). The number of rotatable bonds is 5. The second-order valence-electron chi connectivity index (χ2n) is 8.11. The average molecular weight is 416 g/mol. The molecule has 0 aliphatic carbocycles. The first kappa shape index (κ1) is 21.1. The normalized spacial score (nSPS) is 18.7. The van der Waals surface area contributed by atoms with Crippen molar-refractivity contribution < 1.29 is 19.2 Å². The topological polar surface area (TPSA) is 86.8 Å². The fraction of sp³-hybridized carbons (Fsp3) is 0.429. The summed E-state index contributed by atoms with van der Waals surface area (Å²) in [6.07, 6.45) is 2.81. The van der Waals surface area contributed by atoms with Crippen LogP contribution in [0.15, 0.2) is 35.4 Å². The molecule has 0 atom stereocenters. The lowest BCUT2D eigenvalue weighted by atomic mass is 9.91. The molecule has 154 valence electrons. The van der Waals surface area contributed by atoms with Crippen LogP contribution in [0.2, 0.25) is 0 Å². The van der Waals surface area contributed by atoms with Gasteiger partial charge < -0.3 is 10.2 Å². The average Bonchev–Trinajstić information content (AvgIpc) is 3.21. The molecule has 1 N–H and O–H groups in total. The van der Waals surface area contributed by atoms with Gasteiger partial charge in [-0.1, -0.05) is 38.6 Å². The van der Waals surface area contributed by atoms with Gasteiger partial charge in [-0.05, 0) is 24.6 Å². The van der Waals surface area contributed by atoms with Crippen molar-refractivity contribution >= 4 is 46.6 Å². The third-order valence-corrected chi connectivity index (χ3v) is 5.75. The van der Waals surface area contributed by atoms with Crippen LogP contribution < -0.4 is 10.2 Å². The molecule has 0 bridgehead atoms. The lowest BCUT2D eigenvalue weighted by Gasteiger charge is -2.20. The van der Waals surface area contributed by atoms with Gasteiger partial charge in [0, 0.05) is 35.8 Å². The molecule has 0 saturated carbocycles. The summed E-state index contributed by atoms with van der Waals surface area (Å²) < 4.78 is 0. The number of amides is 3.